The molecule has 1 aliphatic heterocycles. The smallest absolute Gasteiger partial charge is 0.303 e. The Morgan fingerprint density at radius 3 is 2.00 bits per heavy atom. The van der Waals surface area contributed by atoms with Gasteiger partial charge in [0.2, 0.25) is 5.13 Å². The Morgan fingerprint density at radius 2 is 1.50 bits per heavy atom. The molecule has 0 spiro atoms. The van der Waals surface area contributed by atoms with Crippen molar-refractivity contribution < 1.29 is 42.9 Å². The third-order valence-corrected chi connectivity index (χ3v) is 5.57. The monoisotopic (exact) mass is 463 g/mol. The summed E-state index contributed by atoms with van der Waals surface area (Å²) in [7, 11) is 0. The summed E-state index contributed by atoms with van der Waals surface area (Å²) in [5.41, 5.74) is 4.64. The second kappa shape index (κ2) is 10.5. The van der Waals surface area contributed by atoms with E-state index in [0.717, 1.165) is 36.9 Å². The van der Waals surface area contributed by atoms with E-state index < -0.39 is 53.7 Å². The molecular weight excluding hydrogens is 442 g/mol. The normalized spacial score (nSPS) is 25.8. The van der Waals surface area contributed by atoms with Gasteiger partial charge >= 0.3 is 23.9 Å². The third kappa shape index (κ3) is 6.81. The van der Waals surface area contributed by atoms with Crippen molar-refractivity contribution in [3.05, 3.63) is 0 Å². The molecule has 1 aromatic rings. The fraction of sp³-hybridized carbons (Fsp3) is 0.625. The van der Waals surface area contributed by atoms with E-state index in [1.165, 1.54) is 13.8 Å². The number of anilines is 1. The molecule has 2 rings (SSSR count). The number of carbonyl (C=O) groups excluding carboxylic acids is 4. The number of nitrogens with two attached hydrogens (primary N) is 1. The molecule has 166 valence electrons. The van der Waals surface area contributed by atoms with Crippen LogP contribution in [0, 0.1) is 0 Å². The first-order valence-corrected chi connectivity index (χ1v) is 10.3. The summed E-state index contributed by atoms with van der Waals surface area (Å²) in [4.78, 5) is 46.4. The fourth-order valence-corrected chi connectivity index (χ4v) is 4.56. The van der Waals surface area contributed by atoms with Crippen molar-refractivity contribution in [3.8, 4) is 0 Å². The zero-order valence-electron chi connectivity index (χ0n) is 16.6. The highest BCUT2D eigenvalue weighted by Gasteiger charge is 2.52. The Balaban J connectivity index is 2.41. The molecule has 30 heavy (non-hydrogen) atoms. The van der Waals surface area contributed by atoms with E-state index in [1.54, 1.807) is 0 Å². The molecular formula is C16H21N3O9S2. The van der Waals surface area contributed by atoms with Gasteiger partial charge in [-0.25, -0.2) is 0 Å². The third-order valence-electron chi connectivity index (χ3n) is 3.59. The number of carbonyl (C=O) groups is 4. The van der Waals surface area contributed by atoms with Gasteiger partial charge in [-0.3, -0.25) is 19.2 Å². The number of hydrogen-bond acceptors (Lipinski definition) is 14. The number of aromatic nitrogens is 2. The molecule has 0 unspecified atom stereocenters. The summed E-state index contributed by atoms with van der Waals surface area (Å²) < 4.78 is 27.3. The Hall–Kier alpha value is -2.45. The van der Waals surface area contributed by atoms with Gasteiger partial charge in [0.1, 0.15) is 12.7 Å². The second-order valence-electron chi connectivity index (χ2n) is 6.09. The van der Waals surface area contributed by atoms with Crippen molar-refractivity contribution in [1.29, 1.82) is 0 Å². The van der Waals surface area contributed by atoms with Crippen LogP contribution in [-0.4, -0.2) is 70.5 Å². The lowest BCUT2D eigenvalue weighted by Gasteiger charge is -2.43. The maximum atomic E-state index is 11.7. The Morgan fingerprint density at radius 1 is 0.933 bits per heavy atom. The van der Waals surface area contributed by atoms with Crippen molar-refractivity contribution >= 4 is 52.1 Å². The van der Waals surface area contributed by atoms with Crippen LogP contribution in [0.15, 0.2) is 4.34 Å². The predicted molar refractivity (Wildman–Crippen MR) is 102 cm³/mol. The largest absolute Gasteiger partial charge is 0.463 e. The lowest BCUT2D eigenvalue weighted by Crippen LogP contribution is -2.61. The Bertz CT molecular complexity index is 803. The molecule has 0 aromatic carbocycles. The van der Waals surface area contributed by atoms with Crippen LogP contribution in [-0.2, 0) is 42.9 Å². The quantitative estimate of drug-likeness (QED) is 0.433. The minimum absolute atomic E-state index is 0.211. The van der Waals surface area contributed by atoms with Crippen LogP contribution >= 0.6 is 23.1 Å². The summed E-state index contributed by atoms with van der Waals surface area (Å²) in [6, 6.07) is 0. The molecule has 0 aliphatic carbocycles. The van der Waals surface area contributed by atoms with Gasteiger partial charge in [0.25, 0.3) is 0 Å². The number of ether oxygens (including phenoxy) is 5. The molecule has 12 nitrogen and oxygen atoms in total. The van der Waals surface area contributed by atoms with Crippen LogP contribution in [0.4, 0.5) is 5.13 Å². The molecule has 0 amide bonds. The molecule has 1 saturated heterocycles. The first-order chi connectivity index (χ1) is 14.1. The Kier molecular flexibility index (Phi) is 8.37. The zero-order valence-corrected chi connectivity index (χ0v) is 18.2. The molecule has 0 saturated carbocycles. The maximum absolute atomic E-state index is 11.7. The van der Waals surface area contributed by atoms with Crippen molar-refractivity contribution in [2.45, 2.75) is 61.9 Å². The number of nitrogen functional groups attached to an aromatic ring is 1. The predicted octanol–water partition coefficient (Wildman–Crippen LogP) is 0.295. The van der Waals surface area contributed by atoms with Gasteiger partial charge in [-0.15, -0.1) is 10.2 Å². The van der Waals surface area contributed by atoms with Crippen LogP contribution < -0.4 is 5.73 Å². The number of rotatable bonds is 7. The van der Waals surface area contributed by atoms with Crippen LogP contribution in [0.5, 0.6) is 0 Å². The van der Waals surface area contributed by atoms with Gasteiger partial charge in [-0.05, 0) is 0 Å². The molecule has 1 fully saturated rings. The average Bonchev–Trinajstić information content (AvgIpc) is 3.02. The van der Waals surface area contributed by atoms with Gasteiger partial charge in [0, 0.05) is 27.7 Å². The number of nitrogens with zero attached hydrogens (tertiary/aromatic N) is 2. The SMILES string of the molecule is CC(=O)OC[C@@H]1O[C@H](Sc2nnc(N)s2)[C@H](OC(C)=O)[C@@H](OC(C)=O)[C@H]1OC(C)=O. The molecule has 0 radical (unpaired) electrons. The van der Waals surface area contributed by atoms with Crippen LogP contribution in [0.3, 0.4) is 0 Å². The molecule has 1 aromatic heterocycles. The fourth-order valence-electron chi connectivity index (χ4n) is 2.65. The van der Waals surface area contributed by atoms with E-state index in [4.69, 9.17) is 29.4 Å². The van der Waals surface area contributed by atoms with Crippen molar-refractivity contribution in [2.75, 3.05) is 12.3 Å². The summed E-state index contributed by atoms with van der Waals surface area (Å²) in [6.07, 6.45) is -4.62. The first kappa shape index (κ1) is 23.8. The highest BCUT2D eigenvalue weighted by Crippen LogP contribution is 2.38. The van der Waals surface area contributed by atoms with E-state index in [1.807, 2.05) is 0 Å². The zero-order chi connectivity index (χ0) is 22.4. The summed E-state index contributed by atoms with van der Waals surface area (Å²) in [5, 5.41) is 7.80. The van der Waals surface area contributed by atoms with E-state index in [0.29, 0.717) is 4.34 Å². The number of thioether (sulfide) groups is 1. The van der Waals surface area contributed by atoms with Crippen LogP contribution in [0.2, 0.25) is 0 Å². The topological polar surface area (TPSA) is 166 Å². The molecule has 14 heteroatoms. The molecule has 2 N–H and O–H groups in total. The van der Waals surface area contributed by atoms with Gasteiger partial charge < -0.3 is 29.4 Å². The summed E-state index contributed by atoms with van der Waals surface area (Å²) in [5.74, 6) is -2.67. The molecule has 1 aliphatic rings. The van der Waals surface area contributed by atoms with E-state index in [2.05, 4.69) is 10.2 Å². The standard InChI is InChI=1S/C16H21N3O9S2/c1-6(20)24-5-10-11(25-7(2)21)12(26-8(3)22)13(27-9(4)23)14(28-10)29-16-19-18-15(17)30-16/h10-14H,5H2,1-4H3,(H2,17,18)/t10-,11-,12-,13+,14+/m0/s1. The Labute approximate surface area is 179 Å². The highest BCUT2D eigenvalue weighted by molar-refractivity contribution is 8.01. The van der Waals surface area contributed by atoms with E-state index in [-0.39, 0.29) is 11.7 Å². The maximum Gasteiger partial charge on any atom is 0.303 e. The van der Waals surface area contributed by atoms with Gasteiger partial charge in [0.05, 0.1) is 0 Å². The molecule has 2 heterocycles. The number of esters is 4. The highest BCUT2D eigenvalue weighted by atomic mass is 32.2. The lowest BCUT2D eigenvalue weighted by molar-refractivity contribution is -0.237. The summed E-state index contributed by atoms with van der Waals surface area (Å²) in [6.45, 7) is 4.37. The minimum atomic E-state index is -1.23. The van der Waals surface area contributed by atoms with Crippen molar-refractivity contribution in [2.24, 2.45) is 0 Å². The first-order valence-electron chi connectivity index (χ1n) is 8.63. The average molecular weight is 463 g/mol. The van der Waals surface area contributed by atoms with Gasteiger partial charge in [-0.2, -0.15) is 0 Å². The summed E-state index contributed by atoms with van der Waals surface area (Å²) >= 11 is 2.09. The van der Waals surface area contributed by atoms with E-state index in [9.17, 15) is 19.2 Å². The van der Waals surface area contributed by atoms with E-state index >= 15 is 0 Å². The van der Waals surface area contributed by atoms with Crippen LogP contribution in [0.25, 0.3) is 0 Å². The van der Waals surface area contributed by atoms with Gasteiger partial charge in [0.15, 0.2) is 28.1 Å². The lowest BCUT2D eigenvalue weighted by atomic mass is 9.99. The van der Waals surface area contributed by atoms with Gasteiger partial charge in [-0.1, -0.05) is 23.1 Å². The van der Waals surface area contributed by atoms with Crippen LogP contribution in [0.1, 0.15) is 27.7 Å². The molecule has 0 bridgehead atoms. The number of hydrogen-bond donors (Lipinski definition) is 1. The minimum Gasteiger partial charge on any atom is -0.463 e. The van der Waals surface area contributed by atoms with Crippen molar-refractivity contribution in [3.63, 3.8) is 0 Å². The molecule has 5 atom stereocenters. The second-order valence-corrected chi connectivity index (χ2v) is 8.45. The van der Waals surface area contributed by atoms with Crippen molar-refractivity contribution in [1.82, 2.24) is 10.2 Å².